The maximum Gasteiger partial charge on any atom is 0.151 e. The van der Waals surface area contributed by atoms with E-state index in [2.05, 4.69) is 40.1 Å². The Kier molecular flexibility index (Phi) is 3.59. The number of nitrogens with zero attached hydrogens (tertiary/aromatic N) is 3. The fourth-order valence-corrected chi connectivity index (χ4v) is 3.60. The first kappa shape index (κ1) is 13.0. The molecule has 2 rings (SSSR count). The van der Waals surface area contributed by atoms with Gasteiger partial charge in [-0.1, -0.05) is 19.1 Å². The highest BCUT2D eigenvalue weighted by Gasteiger charge is 2.37. The average Bonchev–Trinajstić information content (AvgIpc) is 2.57. The quantitative estimate of drug-likeness (QED) is 0.913. The molecule has 4 nitrogen and oxygen atoms in total. The van der Waals surface area contributed by atoms with Crippen molar-refractivity contribution in [2.75, 3.05) is 6.54 Å². The van der Waals surface area contributed by atoms with E-state index in [-0.39, 0.29) is 0 Å². The topological polar surface area (TPSA) is 56.7 Å². The molecule has 96 valence electrons. The molecule has 1 aromatic rings. The summed E-state index contributed by atoms with van der Waals surface area (Å²) in [5, 5.41) is 8.18. The van der Waals surface area contributed by atoms with Crippen molar-refractivity contribution in [3.8, 4) is 0 Å². The molecule has 1 aromatic heterocycles. The van der Waals surface area contributed by atoms with Crippen molar-refractivity contribution in [3.63, 3.8) is 0 Å². The minimum atomic E-state index is 0.389. The van der Waals surface area contributed by atoms with E-state index in [0.29, 0.717) is 17.3 Å². The molecule has 0 saturated heterocycles. The molecule has 0 aromatic carbocycles. The zero-order valence-electron chi connectivity index (χ0n) is 10.8. The molecule has 2 atom stereocenters. The third kappa shape index (κ3) is 2.55. The van der Waals surface area contributed by atoms with Crippen molar-refractivity contribution >= 4 is 15.9 Å². The maximum atomic E-state index is 5.92. The fourth-order valence-electron chi connectivity index (χ4n) is 2.98. The number of nitrogens with two attached hydrogens (primary N) is 1. The monoisotopic (exact) mass is 300 g/mol. The molecule has 1 heterocycles. The van der Waals surface area contributed by atoms with E-state index >= 15 is 0 Å². The molecular weight excluding hydrogens is 280 g/mol. The van der Waals surface area contributed by atoms with Crippen LogP contribution in [0.5, 0.6) is 0 Å². The standard InChI is InChI=1S/C12H21BrN4/c1-12(2)5-4-8(7-14)9(6-12)10-11(13)15-16-17(10)3/h8-9H,4-7,14H2,1-3H3. The van der Waals surface area contributed by atoms with Crippen molar-refractivity contribution in [2.45, 2.75) is 39.0 Å². The second kappa shape index (κ2) is 4.69. The molecular formula is C12H21BrN4. The SMILES string of the molecule is Cn1nnc(Br)c1C1CC(C)(C)CCC1CN. The van der Waals surface area contributed by atoms with Gasteiger partial charge in [0.1, 0.15) is 0 Å². The molecule has 1 fully saturated rings. The Morgan fingerprint density at radius 3 is 2.76 bits per heavy atom. The van der Waals surface area contributed by atoms with Gasteiger partial charge in [0.05, 0.1) is 5.69 Å². The number of aromatic nitrogens is 3. The van der Waals surface area contributed by atoms with Crippen LogP contribution in [0.2, 0.25) is 0 Å². The second-order valence-corrected chi connectivity index (χ2v) is 6.65. The average molecular weight is 301 g/mol. The molecule has 0 spiro atoms. The van der Waals surface area contributed by atoms with Crippen LogP contribution in [0.3, 0.4) is 0 Å². The van der Waals surface area contributed by atoms with Gasteiger partial charge in [-0.3, -0.25) is 4.68 Å². The van der Waals surface area contributed by atoms with Crippen LogP contribution in [-0.4, -0.2) is 21.5 Å². The van der Waals surface area contributed by atoms with Crippen LogP contribution < -0.4 is 5.73 Å². The Morgan fingerprint density at radius 2 is 2.24 bits per heavy atom. The summed E-state index contributed by atoms with van der Waals surface area (Å²) in [5.74, 6) is 1.02. The molecule has 0 radical (unpaired) electrons. The summed E-state index contributed by atoms with van der Waals surface area (Å²) >= 11 is 3.51. The predicted molar refractivity (Wildman–Crippen MR) is 71.6 cm³/mol. The zero-order chi connectivity index (χ0) is 12.6. The highest BCUT2D eigenvalue weighted by molar-refractivity contribution is 9.10. The highest BCUT2D eigenvalue weighted by atomic mass is 79.9. The van der Waals surface area contributed by atoms with E-state index in [1.54, 1.807) is 0 Å². The molecule has 1 aliphatic carbocycles. The smallest absolute Gasteiger partial charge is 0.151 e. The van der Waals surface area contributed by atoms with Gasteiger partial charge in [-0.05, 0) is 53.1 Å². The molecule has 17 heavy (non-hydrogen) atoms. The summed E-state index contributed by atoms with van der Waals surface area (Å²) in [6, 6.07) is 0. The number of rotatable bonds is 2. The Bertz CT molecular complexity index is 380. The summed E-state index contributed by atoms with van der Waals surface area (Å²) in [6.07, 6.45) is 3.62. The van der Waals surface area contributed by atoms with Crippen molar-refractivity contribution in [1.82, 2.24) is 15.0 Å². The number of hydrogen-bond donors (Lipinski definition) is 1. The highest BCUT2D eigenvalue weighted by Crippen LogP contribution is 2.47. The van der Waals surface area contributed by atoms with Crippen LogP contribution >= 0.6 is 15.9 Å². The van der Waals surface area contributed by atoms with Gasteiger partial charge in [0.25, 0.3) is 0 Å². The van der Waals surface area contributed by atoms with Gasteiger partial charge < -0.3 is 5.73 Å². The molecule has 0 aliphatic heterocycles. The van der Waals surface area contributed by atoms with Gasteiger partial charge >= 0.3 is 0 Å². The first-order valence-electron chi connectivity index (χ1n) is 6.20. The fraction of sp³-hybridized carbons (Fsp3) is 0.833. The summed E-state index contributed by atoms with van der Waals surface area (Å²) < 4.78 is 2.76. The van der Waals surface area contributed by atoms with Crippen molar-refractivity contribution < 1.29 is 0 Å². The zero-order valence-corrected chi connectivity index (χ0v) is 12.4. The Morgan fingerprint density at radius 1 is 1.53 bits per heavy atom. The summed E-state index contributed by atoms with van der Waals surface area (Å²) in [6.45, 7) is 5.42. The maximum absolute atomic E-state index is 5.92. The van der Waals surface area contributed by atoms with Gasteiger partial charge in [0.15, 0.2) is 4.60 Å². The lowest BCUT2D eigenvalue weighted by atomic mass is 9.66. The van der Waals surface area contributed by atoms with Crippen LogP contribution in [0, 0.1) is 11.3 Å². The molecule has 0 bridgehead atoms. The van der Waals surface area contributed by atoms with Crippen LogP contribution in [0.25, 0.3) is 0 Å². The summed E-state index contributed by atoms with van der Waals surface area (Å²) in [5.41, 5.74) is 7.51. The third-order valence-electron chi connectivity index (χ3n) is 4.01. The van der Waals surface area contributed by atoms with Gasteiger partial charge in [-0.15, -0.1) is 5.10 Å². The predicted octanol–water partition coefficient (Wildman–Crippen LogP) is 2.45. The summed E-state index contributed by atoms with van der Waals surface area (Å²) in [7, 11) is 1.96. The molecule has 0 amide bonds. The van der Waals surface area contributed by atoms with E-state index in [0.717, 1.165) is 17.6 Å². The third-order valence-corrected chi connectivity index (χ3v) is 4.58. The van der Waals surface area contributed by atoms with Crippen molar-refractivity contribution in [2.24, 2.45) is 24.1 Å². The van der Waals surface area contributed by atoms with Crippen LogP contribution in [0.1, 0.15) is 44.7 Å². The van der Waals surface area contributed by atoms with Crippen LogP contribution in [0.15, 0.2) is 4.60 Å². The lowest BCUT2D eigenvalue weighted by Gasteiger charge is -2.40. The normalized spacial score (nSPS) is 28.3. The van der Waals surface area contributed by atoms with Crippen LogP contribution in [0.4, 0.5) is 0 Å². The molecule has 1 aliphatic rings. The summed E-state index contributed by atoms with van der Waals surface area (Å²) in [4.78, 5) is 0. The molecule has 2 N–H and O–H groups in total. The Balaban J connectivity index is 2.33. The van der Waals surface area contributed by atoms with E-state index in [1.165, 1.54) is 18.5 Å². The number of halogens is 1. The van der Waals surface area contributed by atoms with Crippen molar-refractivity contribution in [1.29, 1.82) is 0 Å². The van der Waals surface area contributed by atoms with Gasteiger partial charge in [-0.2, -0.15) is 0 Å². The minimum absolute atomic E-state index is 0.389. The van der Waals surface area contributed by atoms with Crippen molar-refractivity contribution in [3.05, 3.63) is 10.3 Å². The van der Waals surface area contributed by atoms with Gasteiger partial charge in [-0.25, -0.2) is 0 Å². The van der Waals surface area contributed by atoms with E-state index in [9.17, 15) is 0 Å². The lowest BCUT2D eigenvalue weighted by molar-refractivity contribution is 0.160. The molecule has 5 heteroatoms. The van der Waals surface area contributed by atoms with Gasteiger partial charge in [0.2, 0.25) is 0 Å². The van der Waals surface area contributed by atoms with E-state index in [4.69, 9.17) is 5.73 Å². The Hall–Kier alpha value is -0.420. The van der Waals surface area contributed by atoms with E-state index in [1.807, 2.05) is 11.7 Å². The molecule has 1 saturated carbocycles. The largest absolute Gasteiger partial charge is 0.330 e. The number of hydrogen-bond acceptors (Lipinski definition) is 3. The molecule has 2 unspecified atom stereocenters. The minimum Gasteiger partial charge on any atom is -0.330 e. The number of aryl methyl sites for hydroxylation is 1. The van der Waals surface area contributed by atoms with E-state index < -0.39 is 0 Å². The van der Waals surface area contributed by atoms with Crippen LogP contribution in [-0.2, 0) is 7.05 Å². The second-order valence-electron chi connectivity index (χ2n) is 5.90. The van der Waals surface area contributed by atoms with Gasteiger partial charge in [0, 0.05) is 13.0 Å². The lowest BCUT2D eigenvalue weighted by Crippen LogP contribution is -2.33. The first-order valence-corrected chi connectivity index (χ1v) is 6.99. The first-order chi connectivity index (χ1) is 7.94. The Labute approximate surface area is 111 Å².